The third-order valence-electron chi connectivity index (χ3n) is 0. The van der Waals surface area contributed by atoms with E-state index in [1.54, 1.807) is 0 Å². The zero-order valence-corrected chi connectivity index (χ0v) is 6.24. The van der Waals surface area contributed by atoms with Crippen LogP contribution in [-0.2, 0) is 41.3 Å². The summed E-state index contributed by atoms with van der Waals surface area (Å²) in [5.41, 5.74) is 0. The zero-order chi connectivity index (χ0) is 2.00. The Hall–Kier alpha value is 1.92. The summed E-state index contributed by atoms with van der Waals surface area (Å²) in [6.45, 7) is 0. The van der Waals surface area contributed by atoms with Gasteiger partial charge in [0.15, 0.2) is 0 Å². The first kappa shape index (κ1) is 16.8. The third-order valence-corrected chi connectivity index (χ3v) is 0. The predicted molar refractivity (Wildman–Crippen MR) is 13.9 cm³/mol. The van der Waals surface area contributed by atoms with Gasteiger partial charge >= 0.3 is 32.0 Å². The van der Waals surface area contributed by atoms with Gasteiger partial charge in [-0.2, -0.15) is 0 Å². The van der Waals surface area contributed by atoms with Crippen molar-refractivity contribution in [2.75, 3.05) is 0 Å². The molecule has 4 heteroatoms. The van der Waals surface area contributed by atoms with Crippen LogP contribution in [0.4, 0.5) is 0 Å². The van der Waals surface area contributed by atoms with E-state index >= 15 is 0 Å². The molecule has 0 rings (SSSR count). The Morgan fingerprint density at radius 3 is 1.25 bits per heavy atom. The number of rotatable bonds is 0. The Balaban J connectivity index is -0.00000000500. The van der Waals surface area contributed by atoms with Gasteiger partial charge in [-0.3, -0.25) is 0 Å². The molecule has 0 aromatic heterocycles. The van der Waals surface area contributed by atoms with Crippen LogP contribution in [0.5, 0.6) is 0 Å². The van der Waals surface area contributed by atoms with Gasteiger partial charge in [-0.1, -0.05) is 0 Å². The van der Waals surface area contributed by atoms with Crippen molar-refractivity contribution >= 4 is 13.0 Å². The molecule has 0 bridgehead atoms. The van der Waals surface area contributed by atoms with E-state index in [0.717, 1.165) is 0 Å². The molecule has 1 nitrogen and oxygen atoms in total. The van der Waals surface area contributed by atoms with Crippen LogP contribution in [0.1, 0.15) is 0 Å². The molecule has 0 spiro atoms. The van der Waals surface area contributed by atoms with Gasteiger partial charge in [-0.05, 0) is 0 Å². The summed E-state index contributed by atoms with van der Waals surface area (Å²) < 4.78 is 0. The van der Waals surface area contributed by atoms with Crippen LogP contribution >= 0.6 is 13.0 Å². The van der Waals surface area contributed by atoms with Crippen LogP contribution in [0, 0.1) is 0 Å². The van der Waals surface area contributed by atoms with E-state index in [0.29, 0.717) is 0 Å². The van der Waals surface area contributed by atoms with Crippen molar-refractivity contribution in [3.8, 4) is 0 Å². The molecule has 0 aliphatic carbocycles. The Morgan fingerprint density at radius 2 is 1.25 bits per heavy atom. The molecule has 0 atom stereocenters. The fourth-order valence-electron chi connectivity index (χ4n) is 0. The molecule has 0 amide bonds. The fourth-order valence-corrected chi connectivity index (χ4v) is 0. The minimum atomic E-state index is 0. The van der Waals surface area contributed by atoms with Gasteiger partial charge in [0.05, 0.1) is 0 Å². The van der Waals surface area contributed by atoms with Crippen molar-refractivity contribution in [1.29, 1.82) is 0 Å². The van der Waals surface area contributed by atoms with E-state index < -0.39 is 0 Å². The molecule has 3 N–H and O–H groups in total. The average Bonchev–Trinajstić information content (AvgIpc) is 1.00. The topological polar surface area (TPSA) is 35.0 Å². The van der Waals surface area contributed by atoms with Crippen LogP contribution in [0.3, 0.4) is 0 Å². The van der Waals surface area contributed by atoms with Crippen LogP contribution in [0.25, 0.3) is 0 Å². The number of hydrogen-bond donors (Lipinski definition) is 1. The van der Waals surface area contributed by atoms with E-state index in [2.05, 4.69) is 32.0 Å². The maximum absolute atomic E-state index is 2.76. The summed E-state index contributed by atoms with van der Waals surface area (Å²) in [4.78, 5) is 0. The van der Waals surface area contributed by atoms with Crippen molar-refractivity contribution in [1.82, 2.24) is 6.15 Å². The molecule has 1 radical (unpaired) electrons. The number of hydrogen-bond acceptors (Lipinski definition) is 1. The third kappa shape index (κ3) is 9.07. The van der Waals surface area contributed by atoms with Crippen molar-refractivity contribution < 1.29 is 41.3 Å². The first-order valence-electron chi connectivity index (χ1n) is 0.114. The summed E-state index contributed by atoms with van der Waals surface area (Å²) in [6.07, 6.45) is 0. The van der Waals surface area contributed by atoms with E-state index in [1.807, 2.05) is 0 Å². The minimum absolute atomic E-state index is 0. The van der Waals surface area contributed by atoms with Crippen molar-refractivity contribution in [2.24, 2.45) is 0 Å². The van der Waals surface area contributed by atoms with Crippen LogP contribution < -0.4 is 6.15 Å². The second kappa shape index (κ2) is 20.5. The maximum atomic E-state index is 2.76. The van der Waals surface area contributed by atoms with Crippen molar-refractivity contribution in [2.45, 2.75) is 0 Å². The normalized spacial score (nSPS) is 1.75. The first-order valence-corrected chi connectivity index (χ1v) is 3.50. The van der Waals surface area contributed by atoms with Gasteiger partial charge in [0, 0.05) is 22.4 Å². The SMILES string of the molecule is N.[Ag].[Br][Ag]. The quantitative estimate of drug-likeness (QED) is 0.666. The molecular weight excluding hydrogens is 310 g/mol. The molecule has 0 fully saturated rings. The molecule has 0 saturated carbocycles. The van der Waals surface area contributed by atoms with Gasteiger partial charge < -0.3 is 6.15 Å². The van der Waals surface area contributed by atoms with Crippen LogP contribution in [-0.4, -0.2) is 0 Å². The molecule has 0 aromatic rings. The van der Waals surface area contributed by atoms with Gasteiger partial charge in [0.1, 0.15) is 0 Å². The molecule has 0 heterocycles. The predicted octanol–water partition coefficient (Wildman–Crippen LogP) is 1.00. The Labute approximate surface area is 59.9 Å². The van der Waals surface area contributed by atoms with E-state index in [4.69, 9.17) is 0 Å². The van der Waals surface area contributed by atoms with Crippen LogP contribution in [0.2, 0.25) is 0 Å². The van der Waals surface area contributed by atoms with Crippen molar-refractivity contribution in [3.05, 3.63) is 0 Å². The fraction of sp³-hybridized carbons (Fsp3) is 0. The monoisotopic (exact) mass is 310 g/mol. The molecule has 0 aromatic carbocycles. The Kier molecular flexibility index (Phi) is 86.2. The summed E-state index contributed by atoms with van der Waals surface area (Å²) in [7, 11) is 0. The molecule has 0 unspecified atom stereocenters. The standard InChI is InChI=1S/2Ag.BrH.H3N/h;;1H;1H3/q;+1;;/p-1. The van der Waals surface area contributed by atoms with Crippen LogP contribution in [0.15, 0.2) is 0 Å². The van der Waals surface area contributed by atoms with Crippen molar-refractivity contribution in [3.63, 3.8) is 0 Å². The molecule has 37 valence electrons. The Morgan fingerprint density at radius 1 is 1.25 bits per heavy atom. The van der Waals surface area contributed by atoms with Gasteiger partial charge in [0.25, 0.3) is 0 Å². The van der Waals surface area contributed by atoms with Gasteiger partial charge in [-0.25, -0.2) is 0 Å². The van der Waals surface area contributed by atoms with Gasteiger partial charge in [0.2, 0.25) is 0 Å². The second-order valence-corrected chi connectivity index (χ2v) is 0. The Bertz CT molecular complexity index is 6.00. The summed E-state index contributed by atoms with van der Waals surface area (Å²) in [6, 6.07) is 0. The summed E-state index contributed by atoms with van der Waals surface area (Å²) in [5, 5.41) is 0. The van der Waals surface area contributed by atoms with Gasteiger partial charge in [-0.15, -0.1) is 0 Å². The molecule has 0 aliphatic heterocycles. The summed E-state index contributed by atoms with van der Waals surface area (Å²) in [5.74, 6) is 0. The summed E-state index contributed by atoms with van der Waals surface area (Å²) >= 11 is 5.51. The number of halogens is 1. The molecule has 0 aliphatic rings. The first-order chi connectivity index (χ1) is 1.00. The molecular formula is H3Ag2BrN. The average molecular weight is 313 g/mol. The molecule has 4 heavy (non-hydrogen) atoms. The van der Waals surface area contributed by atoms with E-state index in [9.17, 15) is 0 Å². The van der Waals surface area contributed by atoms with E-state index in [-0.39, 0.29) is 28.5 Å². The molecule has 0 saturated heterocycles. The zero-order valence-electron chi connectivity index (χ0n) is 1.69. The van der Waals surface area contributed by atoms with E-state index in [1.165, 1.54) is 0 Å². The second-order valence-electron chi connectivity index (χ2n) is 0.